The maximum atomic E-state index is 13.1. The van der Waals surface area contributed by atoms with Crippen LogP contribution in [0.1, 0.15) is 49.9 Å². The van der Waals surface area contributed by atoms with Crippen LogP contribution in [0.4, 0.5) is 4.79 Å². The lowest BCUT2D eigenvalue weighted by atomic mass is 9.73. The number of urea groups is 1. The molecule has 4 rings (SSSR count). The molecule has 2 heterocycles. The van der Waals surface area contributed by atoms with Crippen molar-refractivity contribution in [3.63, 3.8) is 0 Å². The first kappa shape index (κ1) is 22.9. The Hall–Kier alpha value is -2.30. The van der Waals surface area contributed by atoms with Crippen molar-refractivity contribution in [3.8, 4) is 0 Å². The maximum absolute atomic E-state index is 13.1. The summed E-state index contributed by atoms with van der Waals surface area (Å²) in [6.45, 7) is 5.00. The predicted octanol–water partition coefficient (Wildman–Crippen LogP) is 1.65. The number of imide groups is 1. The molecule has 3 fully saturated rings. The van der Waals surface area contributed by atoms with E-state index >= 15 is 0 Å². The first-order chi connectivity index (χ1) is 15.1. The summed E-state index contributed by atoms with van der Waals surface area (Å²) in [6.07, 6.45) is 3.58. The van der Waals surface area contributed by atoms with Crippen LogP contribution in [0.3, 0.4) is 0 Å². The van der Waals surface area contributed by atoms with E-state index in [1.807, 2.05) is 11.8 Å². The molecule has 2 atom stereocenters. The third-order valence-corrected chi connectivity index (χ3v) is 8.99. The smallest absolute Gasteiger partial charge is 0.323 e. The minimum Gasteiger partial charge on any atom is -0.323 e. The number of sulfonamides is 1. The van der Waals surface area contributed by atoms with Gasteiger partial charge in [-0.05, 0) is 37.8 Å². The lowest BCUT2D eigenvalue weighted by Gasteiger charge is -2.38. The number of piperazine rings is 1. The topological polar surface area (TPSA) is 107 Å². The molecule has 10 heteroatoms. The van der Waals surface area contributed by atoms with Crippen LogP contribution in [0.2, 0.25) is 0 Å². The summed E-state index contributed by atoms with van der Waals surface area (Å²) >= 11 is 0. The number of ketones is 1. The number of hydrogen-bond acceptors (Lipinski definition) is 6. The molecule has 1 aliphatic carbocycles. The summed E-state index contributed by atoms with van der Waals surface area (Å²) in [7, 11) is -3.67. The van der Waals surface area contributed by atoms with Gasteiger partial charge in [-0.2, -0.15) is 4.31 Å². The summed E-state index contributed by atoms with van der Waals surface area (Å²) in [6, 6.07) is 5.59. The highest BCUT2D eigenvalue weighted by Crippen LogP contribution is 2.38. The average Bonchev–Trinajstić information content (AvgIpc) is 3.01. The number of nitrogens with zero attached hydrogens (tertiary/aromatic N) is 3. The summed E-state index contributed by atoms with van der Waals surface area (Å²) in [5.74, 6) is -0.170. The molecule has 174 valence electrons. The first-order valence-electron chi connectivity index (χ1n) is 11.1. The molecule has 32 heavy (non-hydrogen) atoms. The van der Waals surface area contributed by atoms with Gasteiger partial charge < -0.3 is 5.32 Å². The van der Waals surface area contributed by atoms with Gasteiger partial charge in [0.05, 0.1) is 11.6 Å². The second-order valence-corrected chi connectivity index (χ2v) is 11.0. The molecule has 0 unspecified atom stereocenters. The lowest BCUT2D eigenvalue weighted by molar-refractivity contribution is -0.135. The highest BCUT2D eigenvalue weighted by molar-refractivity contribution is 7.89. The molecule has 0 aromatic heterocycles. The van der Waals surface area contributed by atoms with Crippen LogP contribution in [-0.4, -0.2) is 78.6 Å². The Kier molecular flexibility index (Phi) is 6.12. The van der Waals surface area contributed by atoms with Gasteiger partial charge >= 0.3 is 6.03 Å². The molecule has 3 aliphatic rings. The standard InChI is InChI=1S/C22H30N4O5S/c1-16-5-3-4-10-22(16)20(28)26(21(29)23-22)15-24-11-13-25(14-12-24)32(30,31)19-8-6-18(7-9-19)17(2)27/h6-9,16H,3-5,10-15H2,1-2H3,(H,23,29)/t16-,22+/m1/s1. The Morgan fingerprint density at radius 3 is 2.34 bits per heavy atom. The van der Waals surface area contributed by atoms with Gasteiger partial charge in [0.2, 0.25) is 10.0 Å². The molecular formula is C22H30N4O5S. The summed E-state index contributed by atoms with van der Waals surface area (Å²) < 4.78 is 27.3. The summed E-state index contributed by atoms with van der Waals surface area (Å²) in [4.78, 5) is 40.5. The fraction of sp³-hybridized carbons (Fsp3) is 0.591. The van der Waals surface area contributed by atoms with Crippen molar-refractivity contribution < 1.29 is 22.8 Å². The van der Waals surface area contributed by atoms with E-state index in [9.17, 15) is 22.8 Å². The van der Waals surface area contributed by atoms with Crippen LogP contribution in [-0.2, 0) is 14.8 Å². The number of carbonyl (C=O) groups excluding carboxylic acids is 3. The van der Waals surface area contributed by atoms with Gasteiger partial charge in [0.15, 0.2) is 5.78 Å². The number of Topliss-reactive ketones (excluding diaryl/α,β-unsaturated/α-hetero) is 1. The SMILES string of the molecule is CC(=O)c1ccc(S(=O)(=O)N2CCN(CN3C(=O)N[C@]4(CCCC[C@H]4C)C3=O)CC2)cc1. The summed E-state index contributed by atoms with van der Waals surface area (Å²) in [5.41, 5.74) is -0.320. The molecule has 1 aromatic rings. The van der Waals surface area contributed by atoms with Crippen molar-refractivity contribution in [2.75, 3.05) is 32.8 Å². The molecule has 3 amide bonds. The van der Waals surface area contributed by atoms with E-state index in [-0.39, 0.29) is 48.3 Å². The molecule has 0 radical (unpaired) electrons. The highest BCUT2D eigenvalue weighted by Gasteiger charge is 2.55. The van der Waals surface area contributed by atoms with Gasteiger partial charge in [-0.25, -0.2) is 18.1 Å². The second kappa shape index (κ2) is 8.57. The van der Waals surface area contributed by atoms with E-state index < -0.39 is 15.6 Å². The van der Waals surface area contributed by atoms with Gasteiger partial charge in [0.1, 0.15) is 5.54 Å². The van der Waals surface area contributed by atoms with Crippen molar-refractivity contribution in [2.24, 2.45) is 5.92 Å². The minimum atomic E-state index is -3.67. The number of hydrogen-bond donors (Lipinski definition) is 1. The van der Waals surface area contributed by atoms with Crippen molar-refractivity contribution in [1.82, 2.24) is 19.4 Å². The Balaban J connectivity index is 1.38. The monoisotopic (exact) mass is 462 g/mol. The van der Waals surface area contributed by atoms with Gasteiger partial charge in [0.25, 0.3) is 5.91 Å². The van der Waals surface area contributed by atoms with E-state index in [0.717, 1.165) is 19.3 Å². The van der Waals surface area contributed by atoms with Crippen LogP contribution in [0.15, 0.2) is 29.2 Å². The number of rotatable bonds is 5. The fourth-order valence-corrected chi connectivity index (χ4v) is 6.37. The number of benzene rings is 1. The van der Waals surface area contributed by atoms with Crippen molar-refractivity contribution in [2.45, 2.75) is 50.0 Å². The predicted molar refractivity (Wildman–Crippen MR) is 117 cm³/mol. The highest BCUT2D eigenvalue weighted by atomic mass is 32.2. The van der Waals surface area contributed by atoms with E-state index in [4.69, 9.17) is 0 Å². The Labute approximate surface area is 188 Å². The molecule has 2 saturated heterocycles. The third-order valence-electron chi connectivity index (χ3n) is 7.07. The van der Waals surface area contributed by atoms with Crippen LogP contribution in [0.25, 0.3) is 0 Å². The maximum Gasteiger partial charge on any atom is 0.326 e. The van der Waals surface area contributed by atoms with E-state index in [2.05, 4.69) is 5.32 Å². The third kappa shape index (κ3) is 3.95. The second-order valence-electron chi connectivity index (χ2n) is 9.03. The molecule has 9 nitrogen and oxygen atoms in total. The molecule has 1 spiro atoms. The van der Waals surface area contributed by atoms with Gasteiger partial charge in [0, 0.05) is 31.7 Å². The zero-order valence-corrected chi connectivity index (χ0v) is 19.4. The lowest BCUT2D eigenvalue weighted by Crippen LogP contribution is -2.55. The number of carbonyl (C=O) groups is 3. The average molecular weight is 463 g/mol. The van der Waals surface area contributed by atoms with Crippen molar-refractivity contribution >= 4 is 27.7 Å². The Bertz CT molecular complexity index is 1020. The molecule has 1 aromatic carbocycles. The van der Waals surface area contributed by atoms with E-state index in [1.54, 1.807) is 0 Å². The van der Waals surface area contributed by atoms with Crippen molar-refractivity contribution in [3.05, 3.63) is 29.8 Å². The molecular weight excluding hydrogens is 432 g/mol. The Morgan fingerprint density at radius 2 is 1.75 bits per heavy atom. The normalized spacial score (nSPS) is 27.7. The summed E-state index contributed by atoms with van der Waals surface area (Å²) in [5, 5.41) is 2.96. The zero-order valence-electron chi connectivity index (χ0n) is 18.5. The van der Waals surface area contributed by atoms with Crippen LogP contribution < -0.4 is 5.32 Å². The zero-order chi connectivity index (χ0) is 23.1. The molecule has 1 N–H and O–H groups in total. The van der Waals surface area contributed by atoms with Gasteiger partial charge in [-0.1, -0.05) is 31.9 Å². The molecule has 0 bridgehead atoms. The largest absolute Gasteiger partial charge is 0.326 e. The quantitative estimate of drug-likeness (QED) is 0.527. The van der Waals surface area contributed by atoms with Crippen LogP contribution in [0.5, 0.6) is 0 Å². The fourth-order valence-electron chi connectivity index (χ4n) is 4.95. The first-order valence-corrected chi connectivity index (χ1v) is 12.6. The van der Waals surface area contributed by atoms with E-state index in [1.165, 1.54) is 40.4 Å². The number of nitrogens with one attached hydrogen (secondary N) is 1. The van der Waals surface area contributed by atoms with Gasteiger partial charge in [-0.3, -0.25) is 14.5 Å². The van der Waals surface area contributed by atoms with Crippen molar-refractivity contribution in [1.29, 1.82) is 0 Å². The molecule has 1 saturated carbocycles. The minimum absolute atomic E-state index is 0.106. The van der Waals surface area contributed by atoms with Crippen LogP contribution >= 0.6 is 0 Å². The molecule has 2 aliphatic heterocycles. The van der Waals surface area contributed by atoms with Crippen LogP contribution in [0, 0.1) is 5.92 Å². The number of amides is 3. The van der Waals surface area contributed by atoms with Gasteiger partial charge in [-0.15, -0.1) is 0 Å². The van der Waals surface area contributed by atoms with E-state index in [0.29, 0.717) is 25.1 Å². The Morgan fingerprint density at radius 1 is 1.09 bits per heavy atom.